The van der Waals surface area contributed by atoms with Crippen LogP contribution < -0.4 is 10.6 Å². The summed E-state index contributed by atoms with van der Waals surface area (Å²) in [6.07, 6.45) is 0. The zero-order chi connectivity index (χ0) is 21.8. The lowest BCUT2D eigenvalue weighted by atomic mass is 10.2. The molecule has 0 atom stereocenters. The fourth-order valence-electron chi connectivity index (χ4n) is 2.97. The van der Waals surface area contributed by atoms with Crippen molar-refractivity contribution in [1.82, 2.24) is 4.98 Å². The Morgan fingerprint density at radius 1 is 1.00 bits per heavy atom. The predicted molar refractivity (Wildman–Crippen MR) is 119 cm³/mol. The zero-order valence-corrected chi connectivity index (χ0v) is 17.3. The first kappa shape index (κ1) is 20.6. The Labute approximate surface area is 181 Å². The van der Waals surface area contributed by atoms with Crippen LogP contribution in [0.1, 0.15) is 16.2 Å². The van der Waals surface area contributed by atoms with E-state index in [0.717, 1.165) is 0 Å². The molecule has 3 aromatic carbocycles. The Hall–Kier alpha value is -3.65. The highest BCUT2D eigenvalue weighted by Gasteiger charge is 2.14. The van der Waals surface area contributed by atoms with E-state index >= 15 is 0 Å². The number of carbonyl (C=O) groups excluding carboxylic acids is 2. The molecule has 1 aromatic heterocycles. The number of aryl methyl sites for hydroxylation is 1. The number of oxazole rings is 1. The standard InChI is InChI=1S/C23H18FN3O3S/c1-14-25-19-12-17(10-11-20(19)30-14)27-23(29)18-4-2-3-5-21(18)31-13-22(28)26-16-8-6-15(24)7-9-16/h2-12H,13H2,1H3,(H,26,28)(H,27,29). The SMILES string of the molecule is Cc1nc2cc(NC(=O)c3ccccc3SCC(=O)Nc3ccc(F)cc3)ccc2o1. The lowest BCUT2D eigenvalue weighted by molar-refractivity contribution is -0.113. The van der Waals surface area contributed by atoms with Gasteiger partial charge in [-0.2, -0.15) is 0 Å². The van der Waals surface area contributed by atoms with Gasteiger partial charge in [-0.25, -0.2) is 9.37 Å². The molecule has 0 unspecified atom stereocenters. The highest BCUT2D eigenvalue weighted by Crippen LogP contribution is 2.25. The van der Waals surface area contributed by atoms with Gasteiger partial charge >= 0.3 is 0 Å². The Morgan fingerprint density at radius 2 is 1.74 bits per heavy atom. The number of aromatic nitrogens is 1. The lowest BCUT2D eigenvalue weighted by Gasteiger charge is -2.10. The van der Waals surface area contributed by atoms with E-state index < -0.39 is 0 Å². The molecule has 0 spiro atoms. The fourth-order valence-corrected chi connectivity index (χ4v) is 3.82. The van der Waals surface area contributed by atoms with Crippen LogP contribution in [0.15, 0.2) is 76.0 Å². The number of halogens is 1. The highest BCUT2D eigenvalue weighted by atomic mass is 32.2. The normalized spacial score (nSPS) is 10.8. The monoisotopic (exact) mass is 435 g/mol. The van der Waals surface area contributed by atoms with E-state index in [1.54, 1.807) is 49.4 Å². The molecule has 0 aliphatic rings. The largest absolute Gasteiger partial charge is 0.441 e. The molecule has 2 amide bonds. The Kier molecular flexibility index (Phi) is 5.99. The molecule has 0 fully saturated rings. The molecule has 6 nitrogen and oxygen atoms in total. The van der Waals surface area contributed by atoms with Gasteiger partial charge in [-0.1, -0.05) is 12.1 Å². The van der Waals surface area contributed by atoms with E-state index in [1.807, 2.05) is 0 Å². The number of hydrogen-bond donors (Lipinski definition) is 2. The maximum Gasteiger partial charge on any atom is 0.256 e. The molecule has 0 saturated heterocycles. The number of nitrogens with one attached hydrogen (secondary N) is 2. The first-order chi connectivity index (χ1) is 15.0. The number of fused-ring (bicyclic) bond motifs is 1. The van der Waals surface area contributed by atoms with Gasteiger partial charge in [-0.05, 0) is 54.6 Å². The van der Waals surface area contributed by atoms with Crippen molar-refractivity contribution in [2.45, 2.75) is 11.8 Å². The van der Waals surface area contributed by atoms with Gasteiger partial charge in [0.15, 0.2) is 11.5 Å². The third-order valence-corrected chi connectivity index (χ3v) is 5.44. The van der Waals surface area contributed by atoms with Crippen LogP contribution in [0.25, 0.3) is 11.1 Å². The average molecular weight is 435 g/mol. The molecule has 0 bridgehead atoms. The van der Waals surface area contributed by atoms with Gasteiger partial charge in [0, 0.05) is 23.2 Å². The van der Waals surface area contributed by atoms with Crippen LogP contribution in [-0.2, 0) is 4.79 Å². The molecule has 0 radical (unpaired) electrons. The minimum Gasteiger partial charge on any atom is -0.441 e. The fraction of sp³-hybridized carbons (Fsp3) is 0.0870. The first-order valence-electron chi connectivity index (χ1n) is 9.44. The minimum absolute atomic E-state index is 0.103. The topological polar surface area (TPSA) is 84.2 Å². The number of nitrogens with zero attached hydrogens (tertiary/aromatic N) is 1. The number of benzene rings is 3. The van der Waals surface area contributed by atoms with Gasteiger partial charge in [0.1, 0.15) is 11.3 Å². The van der Waals surface area contributed by atoms with Crippen molar-refractivity contribution in [3.63, 3.8) is 0 Å². The van der Waals surface area contributed by atoms with E-state index in [0.29, 0.717) is 38.8 Å². The summed E-state index contributed by atoms with van der Waals surface area (Å²) < 4.78 is 18.4. The third-order valence-electron chi connectivity index (χ3n) is 4.37. The summed E-state index contributed by atoms with van der Waals surface area (Å²) in [5.41, 5.74) is 2.88. The van der Waals surface area contributed by atoms with Crippen molar-refractivity contribution in [3.8, 4) is 0 Å². The molecule has 4 aromatic rings. The highest BCUT2D eigenvalue weighted by molar-refractivity contribution is 8.00. The van der Waals surface area contributed by atoms with Crippen LogP contribution in [-0.4, -0.2) is 22.6 Å². The lowest BCUT2D eigenvalue weighted by Crippen LogP contribution is -2.16. The van der Waals surface area contributed by atoms with E-state index in [2.05, 4.69) is 15.6 Å². The van der Waals surface area contributed by atoms with E-state index in [1.165, 1.54) is 36.0 Å². The van der Waals surface area contributed by atoms with E-state index in [9.17, 15) is 14.0 Å². The number of amides is 2. The van der Waals surface area contributed by atoms with Gasteiger partial charge in [0.25, 0.3) is 5.91 Å². The van der Waals surface area contributed by atoms with Crippen molar-refractivity contribution in [2.24, 2.45) is 0 Å². The number of thioether (sulfide) groups is 1. The number of anilines is 2. The molecule has 156 valence electrons. The van der Waals surface area contributed by atoms with Gasteiger partial charge in [-0.3, -0.25) is 9.59 Å². The smallest absolute Gasteiger partial charge is 0.256 e. The second-order valence-corrected chi connectivity index (χ2v) is 7.73. The summed E-state index contributed by atoms with van der Waals surface area (Å²) in [6.45, 7) is 1.76. The van der Waals surface area contributed by atoms with Gasteiger partial charge < -0.3 is 15.1 Å². The summed E-state index contributed by atoms with van der Waals surface area (Å²) >= 11 is 1.25. The Balaban J connectivity index is 1.42. The molecule has 4 rings (SSSR count). The predicted octanol–water partition coefficient (Wildman–Crippen LogP) is 5.26. The van der Waals surface area contributed by atoms with Crippen molar-refractivity contribution in [2.75, 3.05) is 16.4 Å². The van der Waals surface area contributed by atoms with Crippen LogP contribution in [0.4, 0.5) is 15.8 Å². The maximum atomic E-state index is 13.0. The van der Waals surface area contributed by atoms with Crippen LogP contribution in [0.3, 0.4) is 0 Å². The number of hydrogen-bond acceptors (Lipinski definition) is 5. The molecule has 2 N–H and O–H groups in total. The summed E-state index contributed by atoms with van der Waals surface area (Å²) in [7, 11) is 0. The molecular formula is C23H18FN3O3S. The van der Waals surface area contributed by atoms with Gasteiger partial charge in [0.2, 0.25) is 5.91 Å². The van der Waals surface area contributed by atoms with E-state index in [4.69, 9.17) is 4.42 Å². The van der Waals surface area contributed by atoms with Crippen LogP contribution in [0, 0.1) is 12.7 Å². The van der Waals surface area contributed by atoms with Gasteiger partial charge in [0.05, 0.1) is 11.3 Å². The molecule has 1 heterocycles. The van der Waals surface area contributed by atoms with Crippen molar-refractivity contribution in [1.29, 1.82) is 0 Å². The minimum atomic E-state index is -0.370. The summed E-state index contributed by atoms with van der Waals surface area (Å²) in [6, 6.07) is 17.9. The van der Waals surface area contributed by atoms with Crippen LogP contribution in [0.5, 0.6) is 0 Å². The van der Waals surface area contributed by atoms with Crippen LogP contribution >= 0.6 is 11.8 Å². The molecule has 0 saturated carbocycles. The van der Waals surface area contributed by atoms with Crippen molar-refractivity contribution >= 4 is 46.1 Å². The first-order valence-corrected chi connectivity index (χ1v) is 10.4. The summed E-state index contributed by atoms with van der Waals surface area (Å²) in [5.74, 6) is -0.254. The molecule has 31 heavy (non-hydrogen) atoms. The Morgan fingerprint density at radius 3 is 2.55 bits per heavy atom. The third kappa shape index (κ3) is 5.10. The summed E-state index contributed by atoms with van der Waals surface area (Å²) in [4.78, 5) is 30.0. The Bertz CT molecular complexity index is 1250. The molecule has 0 aliphatic heterocycles. The maximum absolute atomic E-state index is 13.0. The molecular weight excluding hydrogens is 417 g/mol. The second-order valence-electron chi connectivity index (χ2n) is 6.71. The molecule has 0 aliphatic carbocycles. The van der Waals surface area contributed by atoms with E-state index in [-0.39, 0.29) is 23.4 Å². The summed E-state index contributed by atoms with van der Waals surface area (Å²) in [5, 5.41) is 5.57. The number of rotatable bonds is 6. The quantitative estimate of drug-likeness (QED) is 0.404. The van der Waals surface area contributed by atoms with Crippen molar-refractivity contribution < 1.29 is 18.4 Å². The number of carbonyl (C=O) groups is 2. The van der Waals surface area contributed by atoms with Gasteiger partial charge in [-0.15, -0.1) is 11.8 Å². The molecule has 8 heteroatoms. The average Bonchev–Trinajstić information content (AvgIpc) is 3.13. The van der Waals surface area contributed by atoms with Crippen molar-refractivity contribution in [3.05, 3.63) is 84.0 Å². The second kappa shape index (κ2) is 9.01. The van der Waals surface area contributed by atoms with Crippen LogP contribution in [0.2, 0.25) is 0 Å². The zero-order valence-electron chi connectivity index (χ0n) is 16.5.